The quantitative estimate of drug-likeness (QED) is 0.802. The summed E-state index contributed by atoms with van der Waals surface area (Å²) in [5, 5.41) is 7.81. The second-order valence-corrected chi connectivity index (χ2v) is 5.14. The fourth-order valence-electron chi connectivity index (χ4n) is 2.49. The van der Waals surface area contributed by atoms with Gasteiger partial charge in [-0.3, -0.25) is 9.67 Å². The number of aromatic nitrogens is 3. The van der Waals surface area contributed by atoms with Crippen LogP contribution in [0.1, 0.15) is 31.0 Å². The van der Waals surface area contributed by atoms with Gasteiger partial charge in [-0.05, 0) is 49.9 Å². The number of pyridine rings is 1. The number of nitrogens with one attached hydrogen (secondary N) is 1. The third-order valence-corrected chi connectivity index (χ3v) is 3.67. The standard InChI is InChI=1S/C16H24N4/c1-3-18-15(7-6-14-5-4-11-17-13-14)8-9-16-10-12-19-20(16)2/h4-5,10-13,15,18H,3,6-9H2,1-2H3. The zero-order valence-electron chi connectivity index (χ0n) is 12.4. The highest BCUT2D eigenvalue weighted by Gasteiger charge is 2.09. The Hall–Kier alpha value is -1.68. The maximum absolute atomic E-state index is 4.22. The van der Waals surface area contributed by atoms with E-state index >= 15 is 0 Å². The maximum Gasteiger partial charge on any atom is 0.0492 e. The Bertz CT molecular complexity index is 492. The van der Waals surface area contributed by atoms with Gasteiger partial charge in [0, 0.05) is 37.4 Å². The van der Waals surface area contributed by atoms with Crippen LogP contribution in [-0.2, 0) is 19.9 Å². The highest BCUT2D eigenvalue weighted by atomic mass is 15.2. The first-order chi connectivity index (χ1) is 9.79. The first-order valence-electron chi connectivity index (χ1n) is 7.38. The van der Waals surface area contributed by atoms with E-state index in [1.807, 2.05) is 36.4 Å². The molecule has 20 heavy (non-hydrogen) atoms. The molecule has 2 rings (SSSR count). The van der Waals surface area contributed by atoms with Gasteiger partial charge < -0.3 is 5.32 Å². The third-order valence-electron chi connectivity index (χ3n) is 3.67. The summed E-state index contributed by atoms with van der Waals surface area (Å²) < 4.78 is 1.96. The molecule has 0 radical (unpaired) electrons. The van der Waals surface area contributed by atoms with Crippen molar-refractivity contribution in [2.75, 3.05) is 6.54 Å². The Balaban J connectivity index is 1.82. The number of hydrogen-bond acceptors (Lipinski definition) is 3. The van der Waals surface area contributed by atoms with Crippen molar-refractivity contribution in [3.8, 4) is 0 Å². The van der Waals surface area contributed by atoms with Crippen LogP contribution in [0.15, 0.2) is 36.8 Å². The molecular weight excluding hydrogens is 248 g/mol. The first-order valence-corrected chi connectivity index (χ1v) is 7.38. The van der Waals surface area contributed by atoms with Crippen LogP contribution in [0, 0.1) is 0 Å². The van der Waals surface area contributed by atoms with Crippen molar-refractivity contribution in [2.45, 2.75) is 38.6 Å². The van der Waals surface area contributed by atoms with Gasteiger partial charge in [0.05, 0.1) is 0 Å². The average molecular weight is 272 g/mol. The van der Waals surface area contributed by atoms with Gasteiger partial charge in [-0.1, -0.05) is 13.0 Å². The van der Waals surface area contributed by atoms with Crippen molar-refractivity contribution in [3.63, 3.8) is 0 Å². The van der Waals surface area contributed by atoms with Gasteiger partial charge in [0.1, 0.15) is 0 Å². The lowest BCUT2D eigenvalue weighted by atomic mass is 10.0. The molecule has 0 aromatic carbocycles. The summed E-state index contributed by atoms with van der Waals surface area (Å²) >= 11 is 0. The van der Waals surface area contributed by atoms with Gasteiger partial charge in [0.15, 0.2) is 0 Å². The highest BCUT2D eigenvalue weighted by Crippen LogP contribution is 2.10. The molecule has 0 saturated carbocycles. The summed E-state index contributed by atoms with van der Waals surface area (Å²) in [6.07, 6.45) is 10.1. The molecule has 0 saturated heterocycles. The Morgan fingerprint density at radius 2 is 2.05 bits per heavy atom. The number of hydrogen-bond donors (Lipinski definition) is 1. The highest BCUT2D eigenvalue weighted by molar-refractivity contribution is 5.08. The molecule has 1 atom stereocenters. The summed E-state index contributed by atoms with van der Waals surface area (Å²) in [5.41, 5.74) is 2.62. The van der Waals surface area contributed by atoms with Crippen LogP contribution in [-0.4, -0.2) is 27.4 Å². The summed E-state index contributed by atoms with van der Waals surface area (Å²) in [5.74, 6) is 0. The Labute approximate surface area is 121 Å². The van der Waals surface area contributed by atoms with Gasteiger partial charge in [-0.2, -0.15) is 5.10 Å². The smallest absolute Gasteiger partial charge is 0.0492 e. The maximum atomic E-state index is 4.22. The minimum atomic E-state index is 0.551. The SMILES string of the molecule is CCNC(CCc1cccnc1)CCc1ccnn1C. The van der Waals surface area contributed by atoms with Crippen LogP contribution in [0.25, 0.3) is 0 Å². The Morgan fingerprint density at radius 3 is 2.70 bits per heavy atom. The molecule has 1 unspecified atom stereocenters. The first kappa shape index (κ1) is 14.7. The molecule has 4 nitrogen and oxygen atoms in total. The summed E-state index contributed by atoms with van der Waals surface area (Å²) in [4.78, 5) is 4.17. The van der Waals surface area contributed by atoms with Gasteiger partial charge in [-0.25, -0.2) is 0 Å². The van der Waals surface area contributed by atoms with E-state index in [0.29, 0.717) is 6.04 Å². The lowest BCUT2D eigenvalue weighted by Crippen LogP contribution is -2.30. The Morgan fingerprint density at radius 1 is 1.20 bits per heavy atom. The summed E-state index contributed by atoms with van der Waals surface area (Å²) in [6.45, 7) is 3.18. The molecule has 108 valence electrons. The molecular formula is C16H24N4. The number of rotatable bonds is 8. The average Bonchev–Trinajstić information content (AvgIpc) is 2.88. The van der Waals surface area contributed by atoms with Crippen molar-refractivity contribution < 1.29 is 0 Å². The number of aryl methyl sites for hydroxylation is 3. The van der Waals surface area contributed by atoms with Crippen molar-refractivity contribution in [3.05, 3.63) is 48.0 Å². The van der Waals surface area contributed by atoms with E-state index in [2.05, 4.69) is 34.5 Å². The van der Waals surface area contributed by atoms with Crippen LogP contribution >= 0.6 is 0 Å². The van der Waals surface area contributed by atoms with Gasteiger partial charge in [0.25, 0.3) is 0 Å². The predicted octanol–water partition coefficient (Wildman–Crippen LogP) is 2.36. The predicted molar refractivity (Wildman–Crippen MR) is 81.6 cm³/mol. The molecule has 0 bridgehead atoms. The summed E-state index contributed by atoms with van der Waals surface area (Å²) in [6, 6.07) is 6.81. The van der Waals surface area contributed by atoms with E-state index in [4.69, 9.17) is 0 Å². The zero-order chi connectivity index (χ0) is 14.2. The second kappa shape index (κ2) is 7.80. The van der Waals surface area contributed by atoms with Crippen LogP contribution < -0.4 is 5.32 Å². The van der Waals surface area contributed by atoms with Crippen LogP contribution in [0.3, 0.4) is 0 Å². The molecule has 2 heterocycles. The van der Waals surface area contributed by atoms with Gasteiger partial charge >= 0.3 is 0 Å². The van der Waals surface area contributed by atoms with Crippen molar-refractivity contribution >= 4 is 0 Å². The minimum absolute atomic E-state index is 0.551. The van der Waals surface area contributed by atoms with Crippen LogP contribution in [0.2, 0.25) is 0 Å². The fraction of sp³-hybridized carbons (Fsp3) is 0.500. The summed E-state index contributed by atoms with van der Waals surface area (Å²) in [7, 11) is 2.01. The molecule has 0 aliphatic rings. The lowest BCUT2D eigenvalue weighted by molar-refractivity contribution is 0.458. The molecule has 1 N–H and O–H groups in total. The molecule has 4 heteroatoms. The van der Waals surface area contributed by atoms with Crippen molar-refractivity contribution in [1.82, 2.24) is 20.1 Å². The van der Waals surface area contributed by atoms with Gasteiger partial charge in [0.2, 0.25) is 0 Å². The molecule has 0 amide bonds. The van der Waals surface area contributed by atoms with Crippen molar-refractivity contribution in [1.29, 1.82) is 0 Å². The lowest BCUT2D eigenvalue weighted by Gasteiger charge is -2.17. The number of nitrogens with zero attached hydrogens (tertiary/aromatic N) is 3. The molecule has 0 fully saturated rings. The van der Waals surface area contributed by atoms with Gasteiger partial charge in [-0.15, -0.1) is 0 Å². The largest absolute Gasteiger partial charge is 0.314 e. The fourth-order valence-corrected chi connectivity index (χ4v) is 2.49. The van der Waals surface area contributed by atoms with Crippen LogP contribution in [0.5, 0.6) is 0 Å². The van der Waals surface area contributed by atoms with E-state index < -0.39 is 0 Å². The third kappa shape index (κ3) is 4.46. The van der Waals surface area contributed by atoms with E-state index in [-0.39, 0.29) is 0 Å². The van der Waals surface area contributed by atoms with Crippen LogP contribution in [0.4, 0.5) is 0 Å². The molecule has 0 spiro atoms. The topological polar surface area (TPSA) is 42.7 Å². The Kier molecular flexibility index (Phi) is 5.74. The van der Waals surface area contributed by atoms with E-state index in [1.54, 1.807) is 0 Å². The van der Waals surface area contributed by atoms with Crippen molar-refractivity contribution in [2.24, 2.45) is 7.05 Å². The molecule has 0 aliphatic heterocycles. The molecule has 0 aliphatic carbocycles. The normalized spacial score (nSPS) is 12.5. The monoisotopic (exact) mass is 272 g/mol. The molecule has 2 aromatic heterocycles. The molecule has 2 aromatic rings. The van der Waals surface area contributed by atoms with E-state index in [9.17, 15) is 0 Å². The second-order valence-electron chi connectivity index (χ2n) is 5.14. The zero-order valence-corrected chi connectivity index (χ0v) is 12.4. The van der Waals surface area contributed by atoms with E-state index in [0.717, 1.165) is 32.2 Å². The van der Waals surface area contributed by atoms with E-state index in [1.165, 1.54) is 11.3 Å². The minimum Gasteiger partial charge on any atom is -0.314 e.